The summed E-state index contributed by atoms with van der Waals surface area (Å²) in [5.41, 5.74) is 1.57. The zero-order chi connectivity index (χ0) is 14.0. The first-order chi connectivity index (χ1) is 8.98. The van der Waals surface area contributed by atoms with Crippen LogP contribution in [0.4, 0.5) is 0 Å². The fraction of sp³-hybridized carbons (Fsp3) is 0.733. The van der Waals surface area contributed by atoms with Gasteiger partial charge in [-0.15, -0.1) is 0 Å². The average Bonchev–Trinajstić information content (AvgIpc) is 2.35. The summed E-state index contributed by atoms with van der Waals surface area (Å²) in [7, 11) is 0. The third-order valence-corrected chi connectivity index (χ3v) is 4.48. The molecular weight excluding hydrogens is 260 g/mol. The topological polar surface area (TPSA) is 35.0 Å². The summed E-state index contributed by atoms with van der Waals surface area (Å²) in [6, 6.07) is 0. The van der Waals surface area contributed by atoms with Gasteiger partial charge in [0.15, 0.2) is 5.82 Å². The van der Waals surface area contributed by atoms with Crippen LogP contribution in [0.25, 0.3) is 0 Å². The number of ether oxygens (including phenoxy) is 1. The van der Waals surface area contributed by atoms with Crippen LogP contribution in [0.15, 0.2) is 0 Å². The highest BCUT2D eigenvalue weighted by Gasteiger charge is 2.40. The van der Waals surface area contributed by atoms with Gasteiger partial charge >= 0.3 is 0 Å². The zero-order valence-electron chi connectivity index (χ0n) is 12.3. The summed E-state index contributed by atoms with van der Waals surface area (Å²) in [5.74, 6) is 1.42. The van der Waals surface area contributed by atoms with Crippen molar-refractivity contribution < 1.29 is 4.74 Å². The minimum Gasteiger partial charge on any atom is -0.367 e. The van der Waals surface area contributed by atoms with Crippen LogP contribution >= 0.6 is 11.6 Å². The number of hydrogen-bond donors (Lipinski definition) is 0. The molecular formula is C15H23ClN2O. The Morgan fingerprint density at radius 3 is 2.68 bits per heavy atom. The Bertz CT molecular complexity index is 436. The highest BCUT2D eigenvalue weighted by molar-refractivity contribution is 6.30. The summed E-state index contributed by atoms with van der Waals surface area (Å²) < 4.78 is 6.09. The van der Waals surface area contributed by atoms with E-state index in [0.29, 0.717) is 17.7 Å². The van der Waals surface area contributed by atoms with E-state index in [4.69, 9.17) is 16.3 Å². The molecule has 1 aromatic rings. The lowest BCUT2D eigenvalue weighted by molar-refractivity contribution is -0.0882. The van der Waals surface area contributed by atoms with Crippen molar-refractivity contribution >= 4 is 11.6 Å². The largest absolute Gasteiger partial charge is 0.367 e. The molecule has 4 heteroatoms. The molecule has 1 fully saturated rings. The van der Waals surface area contributed by atoms with Crippen molar-refractivity contribution in [3.05, 3.63) is 22.2 Å². The molecule has 0 N–H and O–H groups in total. The third-order valence-electron chi connectivity index (χ3n) is 4.11. The Labute approximate surface area is 120 Å². The molecule has 1 aliphatic carbocycles. The van der Waals surface area contributed by atoms with Gasteiger partial charge in [-0.05, 0) is 46.0 Å². The van der Waals surface area contributed by atoms with Crippen molar-refractivity contribution in [3.8, 4) is 0 Å². The smallest absolute Gasteiger partial charge is 0.162 e. The van der Waals surface area contributed by atoms with Gasteiger partial charge in [0, 0.05) is 17.9 Å². The SMILES string of the molecule is CCOC1(c2nc(C)c(C)c(Cl)n2)CCCC(C)C1. The maximum atomic E-state index is 6.23. The van der Waals surface area contributed by atoms with Gasteiger partial charge in [-0.2, -0.15) is 0 Å². The summed E-state index contributed by atoms with van der Waals surface area (Å²) in [5, 5.41) is 0.555. The molecule has 0 aromatic carbocycles. The van der Waals surface area contributed by atoms with Gasteiger partial charge in [-0.25, -0.2) is 9.97 Å². The van der Waals surface area contributed by atoms with Gasteiger partial charge in [0.1, 0.15) is 10.8 Å². The third kappa shape index (κ3) is 2.92. The minimum absolute atomic E-state index is 0.339. The normalized spacial score (nSPS) is 27.5. The fourth-order valence-corrected chi connectivity index (χ4v) is 3.19. The van der Waals surface area contributed by atoms with E-state index in [0.717, 1.165) is 36.3 Å². The molecule has 0 saturated heterocycles. The highest BCUT2D eigenvalue weighted by atomic mass is 35.5. The van der Waals surface area contributed by atoms with Crippen molar-refractivity contribution in [2.75, 3.05) is 6.61 Å². The second kappa shape index (κ2) is 5.76. The second-order valence-electron chi connectivity index (χ2n) is 5.68. The Balaban J connectivity index is 2.44. The first-order valence-corrected chi connectivity index (χ1v) is 7.51. The van der Waals surface area contributed by atoms with Crippen LogP contribution in [0.5, 0.6) is 0 Å². The lowest BCUT2D eigenvalue weighted by Gasteiger charge is -2.38. The Hall–Kier alpha value is -0.670. The minimum atomic E-state index is -0.339. The van der Waals surface area contributed by atoms with Crippen LogP contribution in [0.1, 0.15) is 56.6 Å². The van der Waals surface area contributed by atoms with Crippen LogP contribution in [-0.4, -0.2) is 16.6 Å². The molecule has 0 bridgehead atoms. The number of aryl methyl sites for hydroxylation is 1. The molecule has 19 heavy (non-hydrogen) atoms. The lowest BCUT2D eigenvalue weighted by Crippen LogP contribution is -2.37. The molecule has 1 heterocycles. The molecule has 106 valence electrons. The van der Waals surface area contributed by atoms with Crippen molar-refractivity contribution in [3.63, 3.8) is 0 Å². The molecule has 0 aliphatic heterocycles. The van der Waals surface area contributed by atoms with E-state index in [1.54, 1.807) is 0 Å². The zero-order valence-corrected chi connectivity index (χ0v) is 13.0. The van der Waals surface area contributed by atoms with E-state index in [2.05, 4.69) is 16.9 Å². The highest BCUT2D eigenvalue weighted by Crippen LogP contribution is 2.42. The van der Waals surface area contributed by atoms with Gasteiger partial charge in [0.2, 0.25) is 0 Å². The number of rotatable bonds is 3. The van der Waals surface area contributed by atoms with E-state index < -0.39 is 0 Å². The van der Waals surface area contributed by atoms with Crippen LogP contribution in [-0.2, 0) is 10.3 Å². The average molecular weight is 283 g/mol. The lowest BCUT2D eigenvalue weighted by atomic mass is 9.78. The van der Waals surface area contributed by atoms with Crippen molar-refractivity contribution in [2.24, 2.45) is 5.92 Å². The Kier molecular flexibility index (Phi) is 4.46. The van der Waals surface area contributed by atoms with Gasteiger partial charge in [0.25, 0.3) is 0 Å². The molecule has 2 unspecified atom stereocenters. The Morgan fingerprint density at radius 2 is 2.11 bits per heavy atom. The van der Waals surface area contributed by atoms with E-state index in [9.17, 15) is 0 Å². The number of aromatic nitrogens is 2. The molecule has 0 radical (unpaired) electrons. The summed E-state index contributed by atoms with van der Waals surface area (Å²) >= 11 is 6.23. The molecule has 3 nitrogen and oxygen atoms in total. The molecule has 1 aliphatic rings. The number of halogens is 1. The first-order valence-electron chi connectivity index (χ1n) is 7.13. The predicted octanol–water partition coefficient (Wildman–Crippen LogP) is 4.19. The van der Waals surface area contributed by atoms with Gasteiger partial charge in [0.05, 0.1) is 0 Å². The van der Waals surface area contributed by atoms with Crippen LogP contribution in [0.2, 0.25) is 5.15 Å². The van der Waals surface area contributed by atoms with Crippen LogP contribution in [0.3, 0.4) is 0 Å². The molecule has 0 spiro atoms. The molecule has 2 atom stereocenters. The van der Waals surface area contributed by atoms with E-state index in [1.807, 2.05) is 20.8 Å². The summed E-state index contributed by atoms with van der Waals surface area (Å²) in [6.45, 7) is 8.93. The molecule has 1 aromatic heterocycles. The Morgan fingerprint density at radius 1 is 1.37 bits per heavy atom. The van der Waals surface area contributed by atoms with E-state index in [1.165, 1.54) is 6.42 Å². The molecule has 0 amide bonds. The first kappa shape index (κ1) is 14.7. The van der Waals surface area contributed by atoms with Gasteiger partial charge in [-0.1, -0.05) is 24.9 Å². The van der Waals surface area contributed by atoms with Crippen molar-refractivity contribution in [1.82, 2.24) is 9.97 Å². The van der Waals surface area contributed by atoms with E-state index >= 15 is 0 Å². The maximum absolute atomic E-state index is 6.23. The number of nitrogens with zero attached hydrogens (tertiary/aromatic N) is 2. The van der Waals surface area contributed by atoms with Crippen LogP contribution < -0.4 is 0 Å². The van der Waals surface area contributed by atoms with Gasteiger partial charge < -0.3 is 4.74 Å². The predicted molar refractivity (Wildman–Crippen MR) is 77.5 cm³/mol. The van der Waals surface area contributed by atoms with Gasteiger partial charge in [-0.3, -0.25) is 0 Å². The van der Waals surface area contributed by atoms with E-state index in [-0.39, 0.29) is 5.60 Å². The second-order valence-corrected chi connectivity index (χ2v) is 6.04. The maximum Gasteiger partial charge on any atom is 0.162 e. The standard InChI is InChI=1S/C15H23ClN2O/c1-5-19-15(8-6-7-10(2)9-15)14-17-12(4)11(3)13(16)18-14/h10H,5-9H2,1-4H3. The van der Waals surface area contributed by atoms with Crippen molar-refractivity contribution in [1.29, 1.82) is 0 Å². The molecule has 2 rings (SSSR count). The summed E-state index contributed by atoms with van der Waals surface area (Å²) in [6.07, 6.45) is 4.39. The molecule has 1 saturated carbocycles. The summed E-state index contributed by atoms with van der Waals surface area (Å²) in [4.78, 5) is 9.17. The number of hydrogen-bond acceptors (Lipinski definition) is 3. The van der Waals surface area contributed by atoms with Crippen molar-refractivity contribution in [2.45, 2.75) is 59.0 Å². The van der Waals surface area contributed by atoms with Crippen LogP contribution in [0, 0.1) is 19.8 Å². The monoisotopic (exact) mass is 282 g/mol. The fourth-order valence-electron chi connectivity index (χ4n) is 2.98. The quantitative estimate of drug-likeness (QED) is 0.780.